The molecule has 2 aliphatic rings. The number of anilines is 1. The van der Waals surface area contributed by atoms with Crippen LogP contribution in [-0.4, -0.2) is 48.2 Å². The van der Waals surface area contributed by atoms with E-state index in [2.05, 4.69) is 10.2 Å². The third-order valence-corrected chi connectivity index (χ3v) is 5.50. The van der Waals surface area contributed by atoms with Crippen molar-refractivity contribution in [3.05, 3.63) is 16.3 Å². The maximum atomic E-state index is 5.40. The van der Waals surface area contributed by atoms with E-state index in [4.69, 9.17) is 14.7 Å². The lowest BCUT2D eigenvalue weighted by molar-refractivity contribution is 0.0331. The molecule has 5 nitrogen and oxygen atoms in total. The largest absolute Gasteiger partial charge is 0.379 e. The van der Waals surface area contributed by atoms with E-state index in [1.165, 1.54) is 35.1 Å². The van der Waals surface area contributed by atoms with Crippen LogP contribution in [0.3, 0.4) is 0 Å². The lowest BCUT2D eigenvalue weighted by atomic mass is 10.2. The first-order chi connectivity index (χ1) is 10.3. The second-order valence-corrected chi connectivity index (χ2v) is 6.75. The maximum Gasteiger partial charge on any atom is 0.146 e. The highest BCUT2D eigenvalue weighted by Gasteiger charge is 2.22. The summed E-state index contributed by atoms with van der Waals surface area (Å²) in [5, 5.41) is 4.54. The highest BCUT2D eigenvalue weighted by Crippen LogP contribution is 2.39. The van der Waals surface area contributed by atoms with E-state index in [0.717, 1.165) is 49.3 Å². The normalized spacial score (nSPS) is 19.1. The minimum absolute atomic E-state index is 0.814. The Balaban J connectivity index is 1.70. The van der Waals surface area contributed by atoms with E-state index < -0.39 is 0 Å². The second kappa shape index (κ2) is 5.51. The fraction of sp³-hybridized carbons (Fsp3) is 0.600. The van der Waals surface area contributed by atoms with Gasteiger partial charge < -0.3 is 10.1 Å². The summed E-state index contributed by atoms with van der Waals surface area (Å²) in [5.74, 6) is 1.93. The third-order valence-electron chi connectivity index (χ3n) is 4.32. The minimum atomic E-state index is 0.814. The van der Waals surface area contributed by atoms with E-state index in [0.29, 0.717) is 0 Å². The minimum Gasteiger partial charge on any atom is -0.379 e. The molecule has 4 rings (SSSR count). The summed E-state index contributed by atoms with van der Waals surface area (Å²) in [7, 11) is 1.96. The number of hydrogen-bond donors (Lipinski definition) is 1. The van der Waals surface area contributed by atoms with Crippen LogP contribution in [0.4, 0.5) is 5.82 Å². The molecule has 2 aromatic heterocycles. The Morgan fingerprint density at radius 2 is 2.10 bits per heavy atom. The molecule has 0 unspecified atom stereocenters. The summed E-state index contributed by atoms with van der Waals surface area (Å²) in [6.45, 7) is 4.38. The number of hydrogen-bond acceptors (Lipinski definition) is 6. The van der Waals surface area contributed by atoms with Gasteiger partial charge in [-0.2, -0.15) is 0 Å². The molecule has 21 heavy (non-hydrogen) atoms. The predicted octanol–water partition coefficient (Wildman–Crippen LogP) is 2.05. The standard InChI is InChI=1S/C15H20N4OS/c1-16-14-13-10-3-2-4-11(10)21-15(13)18-12(17-14)9-19-5-7-20-8-6-19/h2-9H2,1H3,(H,16,17,18). The summed E-state index contributed by atoms with van der Waals surface area (Å²) in [4.78, 5) is 14.6. The van der Waals surface area contributed by atoms with E-state index in [-0.39, 0.29) is 0 Å². The van der Waals surface area contributed by atoms with Crippen molar-refractivity contribution in [1.82, 2.24) is 14.9 Å². The van der Waals surface area contributed by atoms with E-state index in [1.54, 1.807) is 0 Å². The van der Waals surface area contributed by atoms with E-state index in [1.807, 2.05) is 18.4 Å². The Hall–Kier alpha value is -1.24. The molecule has 0 bridgehead atoms. The lowest BCUT2D eigenvalue weighted by Gasteiger charge is -2.25. The highest BCUT2D eigenvalue weighted by molar-refractivity contribution is 7.19. The van der Waals surface area contributed by atoms with Crippen LogP contribution in [0.25, 0.3) is 10.2 Å². The van der Waals surface area contributed by atoms with Crippen LogP contribution >= 0.6 is 11.3 Å². The summed E-state index contributed by atoms with van der Waals surface area (Å²) < 4.78 is 5.40. The number of nitrogens with zero attached hydrogens (tertiary/aromatic N) is 3. The Morgan fingerprint density at radius 3 is 2.90 bits per heavy atom. The lowest BCUT2D eigenvalue weighted by Crippen LogP contribution is -2.36. The molecule has 1 fully saturated rings. The Labute approximate surface area is 128 Å². The molecule has 1 aliphatic carbocycles. The number of morpholine rings is 1. The van der Waals surface area contributed by atoms with Crippen molar-refractivity contribution in [3.8, 4) is 0 Å². The van der Waals surface area contributed by atoms with Crippen molar-refractivity contribution >= 4 is 27.4 Å². The first-order valence-corrected chi connectivity index (χ1v) is 8.46. The molecular weight excluding hydrogens is 284 g/mol. The van der Waals surface area contributed by atoms with Crippen LogP contribution in [0.5, 0.6) is 0 Å². The summed E-state index contributed by atoms with van der Waals surface area (Å²) in [6.07, 6.45) is 3.66. The van der Waals surface area contributed by atoms with Crippen molar-refractivity contribution in [2.75, 3.05) is 38.7 Å². The van der Waals surface area contributed by atoms with Crippen LogP contribution in [0.2, 0.25) is 0 Å². The van der Waals surface area contributed by atoms with Gasteiger partial charge in [-0.25, -0.2) is 9.97 Å². The number of aryl methyl sites for hydroxylation is 2. The number of rotatable bonds is 3. The van der Waals surface area contributed by atoms with Gasteiger partial charge in [0.1, 0.15) is 16.5 Å². The van der Waals surface area contributed by atoms with Gasteiger partial charge >= 0.3 is 0 Å². The quantitative estimate of drug-likeness (QED) is 0.940. The zero-order chi connectivity index (χ0) is 14.2. The molecule has 6 heteroatoms. The molecule has 112 valence electrons. The first kappa shape index (κ1) is 13.4. The van der Waals surface area contributed by atoms with Crippen molar-refractivity contribution in [2.45, 2.75) is 25.8 Å². The van der Waals surface area contributed by atoms with Gasteiger partial charge in [0.15, 0.2) is 0 Å². The summed E-state index contributed by atoms with van der Waals surface area (Å²) in [6, 6.07) is 0. The van der Waals surface area contributed by atoms with Gasteiger partial charge in [-0.05, 0) is 24.8 Å². The molecule has 0 radical (unpaired) electrons. The molecule has 1 saturated heterocycles. The molecule has 0 spiro atoms. The van der Waals surface area contributed by atoms with Gasteiger partial charge in [0.25, 0.3) is 0 Å². The number of fused-ring (bicyclic) bond motifs is 3. The van der Waals surface area contributed by atoms with Gasteiger partial charge in [-0.15, -0.1) is 11.3 Å². The zero-order valence-electron chi connectivity index (χ0n) is 12.3. The molecular formula is C15H20N4OS. The first-order valence-electron chi connectivity index (χ1n) is 7.64. The van der Waals surface area contributed by atoms with E-state index >= 15 is 0 Å². The van der Waals surface area contributed by atoms with Gasteiger partial charge in [-0.3, -0.25) is 4.90 Å². The topological polar surface area (TPSA) is 50.3 Å². The highest BCUT2D eigenvalue weighted by atomic mass is 32.1. The Bertz CT molecular complexity index is 663. The molecule has 3 heterocycles. The van der Waals surface area contributed by atoms with Crippen molar-refractivity contribution in [3.63, 3.8) is 0 Å². The number of ether oxygens (including phenoxy) is 1. The van der Waals surface area contributed by atoms with Gasteiger partial charge in [0.2, 0.25) is 0 Å². The monoisotopic (exact) mass is 304 g/mol. The summed E-state index contributed by atoms with van der Waals surface area (Å²) >= 11 is 1.86. The van der Waals surface area contributed by atoms with Crippen molar-refractivity contribution in [1.29, 1.82) is 0 Å². The second-order valence-electron chi connectivity index (χ2n) is 5.66. The number of nitrogens with one attached hydrogen (secondary N) is 1. The molecule has 1 aliphatic heterocycles. The van der Waals surface area contributed by atoms with Crippen LogP contribution in [0, 0.1) is 0 Å². The van der Waals surface area contributed by atoms with Crippen LogP contribution in [0.15, 0.2) is 0 Å². The number of thiophene rings is 1. The molecule has 0 saturated carbocycles. The maximum absolute atomic E-state index is 5.40. The van der Waals surface area contributed by atoms with E-state index in [9.17, 15) is 0 Å². The Morgan fingerprint density at radius 1 is 1.24 bits per heavy atom. The van der Waals surface area contributed by atoms with Crippen LogP contribution in [0.1, 0.15) is 22.7 Å². The number of aromatic nitrogens is 2. The molecule has 0 aromatic carbocycles. The van der Waals surface area contributed by atoms with Gasteiger partial charge in [0, 0.05) is 25.0 Å². The molecule has 0 atom stereocenters. The molecule has 0 amide bonds. The SMILES string of the molecule is CNc1nc(CN2CCOCC2)nc2sc3c(c12)CCC3. The third kappa shape index (κ3) is 2.41. The smallest absolute Gasteiger partial charge is 0.146 e. The van der Waals surface area contributed by atoms with Crippen molar-refractivity contribution in [2.24, 2.45) is 0 Å². The fourth-order valence-corrected chi connectivity index (χ4v) is 4.53. The zero-order valence-corrected chi connectivity index (χ0v) is 13.1. The predicted molar refractivity (Wildman–Crippen MR) is 85.1 cm³/mol. The summed E-state index contributed by atoms with van der Waals surface area (Å²) in [5.41, 5.74) is 1.48. The molecule has 2 aromatic rings. The van der Waals surface area contributed by atoms with Crippen LogP contribution < -0.4 is 5.32 Å². The van der Waals surface area contributed by atoms with Gasteiger partial charge in [0.05, 0.1) is 25.1 Å². The van der Waals surface area contributed by atoms with Crippen LogP contribution in [-0.2, 0) is 24.1 Å². The Kier molecular flexibility index (Phi) is 3.52. The average Bonchev–Trinajstić information content (AvgIpc) is 3.07. The molecule has 1 N–H and O–H groups in total. The average molecular weight is 304 g/mol. The van der Waals surface area contributed by atoms with Gasteiger partial charge in [-0.1, -0.05) is 0 Å². The van der Waals surface area contributed by atoms with Crippen molar-refractivity contribution < 1.29 is 4.74 Å². The fourth-order valence-electron chi connectivity index (χ4n) is 3.25.